The molecule has 1 atom stereocenters. The molecule has 0 bridgehead atoms. The zero-order valence-corrected chi connectivity index (χ0v) is 16.5. The number of aromatic nitrogens is 2. The Morgan fingerprint density at radius 2 is 2.22 bits per heavy atom. The highest BCUT2D eigenvalue weighted by Gasteiger charge is 2.28. The van der Waals surface area contributed by atoms with E-state index in [0.29, 0.717) is 12.6 Å². The predicted octanol–water partition coefficient (Wildman–Crippen LogP) is 4.23. The number of carbonyl (C=O) groups excluding carboxylic acids is 1. The Morgan fingerprint density at radius 3 is 2.96 bits per heavy atom. The van der Waals surface area contributed by atoms with E-state index >= 15 is 0 Å². The van der Waals surface area contributed by atoms with Gasteiger partial charge >= 0.3 is 0 Å². The molecule has 0 saturated carbocycles. The summed E-state index contributed by atoms with van der Waals surface area (Å²) in [5.41, 5.74) is 4.08. The first kappa shape index (κ1) is 17.9. The van der Waals surface area contributed by atoms with Crippen LogP contribution in [0.3, 0.4) is 0 Å². The number of likely N-dealkylation sites (tertiary alicyclic amines) is 1. The summed E-state index contributed by atoms with van der Waals surface area (Å²) in [6, 6.07) is 12.4. The molecule has 3 heterocycles. The van der Waals surface area contributed by atoms with Gasteiger partial charge in [-0.3, -0.25) is 9.69 Å². The number of thiazole rings is 1. The molecule has 1 aliphatic heterocycles. The highest BCUT2D eigenvalue weighted by molar-refractivity contribution is 7.09. The average Bonchev–Trinajstić information content (AvgIpc) is 3.36. The molecule has 1 aromatic carbocycles. The van der Waals surface area contributed by atoms with Crippen LogP contribution in [0.15, 0.2) is 48.0 Å². The molecule has 3 aromatic rings. The van der Waals surface area contributed by atoms with Crippen LogP contribution in [0.1, 0.15) is 29.6 Å². The maximum Gasteiger partial charge on any atom is 0.238 e. The Kier molecular flexibility index (Phi) is 5.09. The molecule has 140 valence electrons. The van der Waals surface area contributed by atoms with E-state index in [0.717, 1.165) is 41.3 Å². The van der Waals surface area contributed by atoms with Gasteiger partial charge < -0.3 is 9.88 Å². The molecule has 6 heteroatoms. The van der Waals surface area contributed by atoms with Crippen molar-refractivity contribution in [2.75, 3.05) is 18.4 Å². The fraction of sp³-hybridized carbons (Fsp3) is 0.333. The van der Waals surface area contributed by atoms with Crippen molar-refractivity contribution in [2.45, 2.75) is 25.8 Å². The van der Waals surface area contributed by atoms with Crippen LogP contribution in [0, 0.1) is 6.92 Å². The molecular formula is C21H24N4OS. The van der Waals surface area contributed by atoms with Gasteiger partial charge in [0.2, 0.25) is 5.91 Å². The number of amides is 1. The predicted molar refractivity (Wildman–Crippen MR) is 110 cm³/mol. The van der Waals surface area contributed by atoms with Crippen molar-refractivity contribution >= 4 is 22.9 Å². The lowest BCUT2D eigenvalue weighted by molar-refractivity contribution is -0.117. The molecule has 2 aromatic heterocycles. The van der Waals surface area contributed by atoms with Crippen LogP contribution < -0.4 is 5.32 Å². The number of nitrogens with zero attached hydrogens (tertiary/aromatic N) is 3. The summed E-state index contributed by atoms with van der Waals surface area (Å²) in [7, 11) is 2.07. The summed E-state index contributed by atoms with van der Waals surface area (Å²) in [4.78, 5) is 19.4. The Bertz CT molecular complexity index is 945. The highest BCUT2D eigenvalue weighted by atomic mass is 32.1. The van der Waals surface area contributed by atoms with Gasteiger partial charge in [0.15, 0.2) is 0 Å². The normalized spacial score (nSPS) is 17.3. The molecule has 1 amide bonds. The lowest BCUT2D eigenvalue weighted by atomic mass is 10.1. The standard InChI is InChI=1S/C21H24N4OS/c1-15-22-18(14-27-15)16-6-3-7-17(12-16)23-21(26)13-25-11-5-9-20(25)19-8-4-10-24(19)2/h3-4,6-8,10,12,14,20H,5,9,11,13H2,1-2H3,(H,23,26). The lowest BCUT2D eigenvalue weighted by Crippen LogP contribution is -2.33. The Hall–Kier alpha value is -2.44. The number of aryl methyl sites for hydroxylation is 2. The van der Waals surface area contributed by atoms with Gasteiger partial charge in [0, 0.05) is 35.6 Å². The second kappa shape index (κ2) is 7.66. The van der Waals surface area contributed by atoms with Crippen LogP contribution in [-0.4, -0.2) is 33.4 Å². The summed E-state index contributed by atoms with van der Waals surface area (Å²) >= 11 is 1.63. The second-order valence-corrected chi connectivity index (χ2v) is 8.12. The van der Waals surface area contributed by atoms with Gasteiger partial charge in [-0.25, -0.2) is 4.98 Å². The van der Waals surface area contributed by atoms with E-state index in [1.54, 1.807) is 11.3 Å². The monoisotopic (exact) mass is 380 g/mol. The van der Waals surface area contributed by atoms with Crippen LogP contribution in [-0.2, 0) is 11.8 Å². The van der Waals surface area contributed by atoms with Gasteiger partial charge in [0.25, 0.3) is 0 Å². The molecule has 0 aliphatic carbocycles. The number of anilines is 1. The number of hydrogen-bond donors (Lipinski definition) is 1. The van der Waals surface area contributed by atoms with Crippen LogP contribution in [0.2, 0.25) is 0 Å². The van der Waals surface area contributed by atoms with Crippen molar-refractivity contribution < 1.29 is 4.79 Å². The molecule has 27 heavy (non-hydrogen) atoms. The smallest absolute Gasteiger partial charge is 0.238 e. The third-order valence-corrected chi connectivity index (χ3v) is 5.87. The van der Waals surface area contributed by atoms with E-state index in [1.807, 2.05) is 36.6 Å². The van der Waals surface area contributed by atoms with E-state index in [-0.39, 0.29) is 5.91 Å². The van der Waals surface area contributed by atoms with Crippen LogP contribution in [0.4, 0.5) is 5.69 Å². The maximum absolute atomic E-state index is 12.6. The molecular weight excluding hydrogens is 356 g/mol. The zero-order valence-electron chi connectivity index (χ0n) is 15.7. The minimum atomic E-state index is 0.0303. The Balaban J connectivity index is 1.43. The molecule has 4 rings (SSSR count). The Labute approximate surface area is 163 Å². The first-order valence-corrected chi connectivity index (χ1v) is 10.2. The van der Waals surface area contributed by atoms with Crippen molar-refractivity contribution in [1.29, 1.82) is 0 Å². The number of hydrogen-bond acceptors (Lipinski definition) is 4. The summed E-state index contributed by atoms with van der Waals surface area (Å²) in [5.74, 6) is 0.0303. The van der Waals surface area contributed by atoms with E-state index in [4.69, 9.17) is 0 Å². The molecule has 0 radical (unpaired) electrons. The van der Waals surface area contributed by atoms with Crippen molar-refractivity contribution in [3.05, 3.63) is 58.7 Å². The molecule has 5 nitrogen and oxygen atoms in total. The van der Waals surface area contributed by atoms with Crippen LogP contribution >= 0.6 is 11.3 Å². The van der Waals surface area contributed by atoms with Gasteiger partial charge in [-0.1, -0.05) is 12.1 Å². The summed E-state index contributed by atoms with van der Waals surface area (Å²) in [6.45, 7) is 3.37. The first-order chi connectivity index (χ1) is 13.1. The molecule has 1 N–H and O–H groups in total. The van der Waals surface area contributed by atoms with E-state index in [1.165, 1.54) is 5.69 Å². The molecule has 1 saturated heterocycles. The number of benzene rings is 1. The van der Waals surface area contributed by atoms with Crippen LogP contribution in [0.25, 0.3) is 11.3 Å². The van der Waals surface area contributed by atoms with Gasteiger partial charge in [-0.05, 0) is 50.6 Å². The van der Waals surface area contributed by atoms with Gasteiger partial charge in [0.05, 0.1) is 23.3 Å². The largest absolute Gasteiger partial charge is 0.353 e. The number of rotatable bonds is 5. The van der Waals surface area contributed by atoms with Gasteiger partial charge in [-0.2, -0.15) is 0 Å². The molecule has 1 unspecified atom stereocenters. The van der Waals surface area contributed by atoms with E-state index < -0.39 is 0 Å². The Morgan fingerprint density at radius 1 is 1.33 bits per heavy atom. The number of nitrogens with one attached hydrogen (secondary N) is 1. The van der Waals surface area contributed by atoms with Crippen LogP contribution in [0.5, 0.6) is 0 Å². The van der Waals surface area contributed by atoms with Crippen molar-refractivity contribution in [1.82, 2.24) is 14.5 Å². The van der Waals surface area contributed by atoms with E-state index in [2.05, 4.69) is 45.1 Å². The van der Waals surface area contributed by atoms with Crippen molar-refractivity contribution in [3.63, 3.8) is 0 Å². The average molecular weight is 381 g/mol. The second-order valence-electron chi connectivity index (χ2n) is 7.05. The SMILES string of the molecule is Cc1nc(-c2cccc(NC(=O)CN3CCCC3c3cccn3C)c2)cs1. The molecule has 0 spiro atoms. The lowest BCUT2D eigenvalue weighted by Gasteiger charge is -2.24. The molecule has 1 aliphatic rings. The quantitative estimate of drug-likeness (QED) is 0.720. The summed E-state index contributed by atoms with van der Waals surface area (Å²) < 4.78 is 2.15. The van der Waals surface area contributed by atoms with E-state index in [9.17, 15) is 4.79 Å². The number of carbonyl (C=O) groups is 1. The summed E-state index contributed by atoms with van der Waals surface area (Å²) in [5, 5.41) is 6.14. The summed E-state index contributed by atoms with van der Waals surface area (Å²) in [6.07, 6.45) is 4.29. The third kappa shape index (κ3) is 3.96. The van der Waals surface area contributed by atoms with Crippen molar-refractivity contribution in [2.24, 2.45) is 7.05 Å². The molecule has 1 fully saturated rings. The minimum Gasteiger partial charge on any atom is -0.353 e. The fourth-order valence-corrected chi connectivity index (χ4v) is 4.43. The topological polar surface area (TPSA) is 50.2 Å². The van der Waals surface area contributed by atoms with Gasteiger partial charge in [0.1, 0.15) is 0 Å². The zero-order chi connectivity index (χ0) is 18.8. The third-order valence-electron chi connectivity index (χ3n) is 5.10. The first-order valence-electron chi connectivity index (χ1n) is 9.28. The maximum atomic E-state index is 12.6. The highest BCUT2D eigenvalue weighted by Crippen LogP contribution is 2.31. The van der Waals surface area contributed by atoms with Gasteiger partial charge in [-0.15, -0.1) is 11.3 Å². The van der Waals surface area contributed by atoms with Crippen molar-refractivity contribution in [3.8, 4) is 11.3 Å². The minimum absolute atomic E-state index is 0.0303. The fourth-order valence-electron chi connectivity index (χ4n) is 3.81.